The zero-order valence-corrected chi connectivity index (χ0v) is 11.2. The van der Waals surface area contributed by atoms with Gasteiger partial charge in [-0.1, -0.05) is 64.7 Å². The number of unbranched alkanes of at least 4 members (excludes halogenated alkanes) is 9. The van der Waals surface area contributed by atoms with Crippen molar-refractivity contribution < 1.29 is 14.6 Å². The van der Waals surface area contributed by atoms with Crippen molar-refractivity contribution in [2.75, 3.05) is 13.2 Å². The third kappa shape index (κ3) is 13.4. The molecule has 3 nitrogen and oxygen atoms in total. The van der Waals surface area contributed by atoms with Gasteiger partial charge in [0.1, 0.15) is 0 Å². The number of carbonyl (C=O) groups excluding carboxylic acids is 1. The second kappa shape index (κ2) is 13.5. The van der Waals surface area contributed by atoms with E-state index in [1.807, 2.05) is 0 Å². The fraction of sp³-hybridized carbons (Fsp3) is 0.929. The molecule has 0 aromatic heterocycles. The smallest absolute Gasteiger partial charge is 0.335 e. The van der Waals surface area contributed by atoms with Crippen LogP contribution < -0.4 is 0 Å². The van der Waals surface area contributed by atoms with Crippen LogP contribution in [0.4, 0.5) is 0 Å². The van der Waals surface area contributed by atoms with E-state index in [0.717, 1.165) is 12.8 Å². The first-order valence-electron chi connectivity index (χ1n) is 7.05. The lowest BCUT2D eigenvalue weighted by Gasteiger charge is -2.03. The Kier molecular flexibility index (Phi) is 13.0. The van der Waals surface area contributed by atoms with E-state index in [-0.39, 0.29) is 0 Å². The molecule has 0 saturated carbocycles. The van der Waals surface area contributed by atoms with E-state index in [1.165, 1.54) is 51.4 Å². The predicted octanol–water partition coefficient (Wildman–Crippen LogP) is 3.88. The van der Waals surface area contributed by atoms with Gasteiger partial charge in [0.2, 0.25) is 0 Å². The monoisotopic (exact) mass is 243 g/mol. The third-order valence-corrected chi connectivity index (χ3v) is 2.88. The first-order valence-corrected chi connectivity index (χ1v) is 7.05. The van der Waals surface area contributed by atoms with Crippen molar-refractivity contribution in [3.63, 3.8) is 0 Å². The fourth-order valence-electron chi connectivity index (χ4n) is 1.82. The molecular formula is C14H27O3. The van der Waals surface area contributed by atoms with E-state index in [1.54, 1.807) is 0 Å². The minimum Gasteiger partial charge on any atom is -0.464 e. The quantitative estimate of drug-likeness (QED) is 0.386. The zero-order valence-electron chi connectivity index (χ0n) is 11.2. The Morgan fingerprint density at radius 1 is 0.824 bits per heavy atom. The SMILES string of the molecule is CCCCCCCCCCCCOC(=O)C[O]. The number of hydrogen-bond donors (Lipinski definition) is 0. The molecule has 0 aromatic rings. The summed E-state index contributed by atoms with van der Waals surface area (Å²) >= 11 is 0. The summed E-state index contributed by atoms with van der Waals surface area (Å²) in [5.74, 6) is -0.624. The van der Waals surface area contributed by atoms with Gasteiger partial charge in [-0.2, -0.15) is 0 Å². The summed E-state index contributed by atoms with van der Waals surface area (Å²) in [5.41, 5.74) is 0. The summed E-state index contributed by atoms with van der Waals surface area (Å²) in [6.45, 7) is 1.90. The van der Waals surface area contributed by atoms with Gasteiger partial charge < -0.3 is 4.74 Å². The summed E-state index contributed by atoms with van der Waals surface area (Å²) in [5, 5.41) is 10.1. The minimum atomic E-state index is -0.752. The highest BCUT2D eigenvalue weighted by Gasteiger charge is 1.99. The molecule has 0 bridgehead atoms. The molecule has 0 amide bonds. The molecule has 0 saturated heterocycles. The molecule has 0 heterocycles. The Morgan fingerprint density at radius 2 is 1.29 bits per heavy atom. The normalized spacial score (nSPS) is 10.5. The van der Waals surface area contributed by atoms with Gasteiger partial charge in [0.15, 0.2) is 6.61 Å². The van der Waals surface area contributed by atoms with Crippen LogP contribution in [0.5, 0.6) is 0 Å². The fourth-order valence-corrected chi connectivity index (χ4v) is 1.82. The van der Waals surface area contributed by atoms with Crippen molar-refractivity contribution in [1.82, 2.24) is 0 Å². The molecular weight excluding hydrogens is 216 g/mol. The summed E-state index contributed by atoms with van der Waals surface area (Å²) in [7, 11) is 0. The average Bonchev–Trinajstić information content (AvgIpc) is 2.35. The molecule has 0 rings (SSSR count). The molecule has 0 N–H and O–H groups in total. The molecule has 0 fully saturated rings. The Labute approximate surface area is 106 Å². The number of hydrogen-bond acceptors (Lipinski definition) is 2. The molecule has 3 heteroatoms. The largest absolute Gasteiger partial charge is 0.464 e. The standard InChI is InChI=1S/C14H27O3/c1-2-3-4-5-6-7-8-9-10-11-12-17-14(16)13-15/h2-13H2,1H3. The zero-order chi connectivity index (χ0) is 12.8. The molecule has 17 heavy (non-hydrogen) atoms. The number of rotatable bonds is 12. The van der Waals surface area contributed by atoms with Crippen LogP contribution in [0.3, 0.4) is 0 Å². The summed E-state index contributed by atoms with van der Waals surface area (Å²) in [6.07, 6.45) is 12.6. The first kappa shape index (κ1) is 16.4. The maximum absolute atomic E-state index is 10.5. The summed E-state index contributed by atoms with van der Waals surface area (Å²) in [6, 6.07) is 0. The van der Waals surface area contributed by atoms with Crippen molar-refractivity contribution in [2.45, 2.75) is 71.1 Å². The van der Waals surface area contributed by atoms with Crippen LogP contribution in [-0.2, 0) is 14.6 Å². The molecule has 0 unspecified atom stereocenters. The van der Waals surface area contributed by atoms with Crippen molar-refractivity contribution in [3.05, 3.63) is 0 Å². The highest BCUT2D eigenvalue weighted by molar-refractivity contribution is 5.70. The second-order valence-corrected chi connectivity index (χ2v) is 4.55. The van der Waals surface area contributed by atoms with E-state index in [4.69, 9.17) is 4.74 Å². The van der Waals surface area contributed by atoms with Crippen molar-refractivity contribution >= 4 is 5.97 Å². The van der Waals surface area contributed by atoms with Crippen LogP contribution in [-0.4, -0.2) is 19.2 Å². The first-order chi connectivity index (χ1) is 8.31. The predicted molar refractivity (Wildman–Crippen MR) is 68.4 cm³/mol. The molecule has 0 aliphatic heterocycles. The summed E-state index contributed by atoms with van der Waals surface area (Å²) < 4.78 is 4.71. The van der Waals surface area contributed by atoms with E-state index < -0.39 is 12.6 Å². The Hall–Kier alpha value is -0.570. The van der Waals surface area contributed by atoms with E-state index in [9.17, 15) is 9.90 Å². The lowest BCUT2D eigenvalue weighted by atomic mass is 10.1. The molecule has 1 radical (unpaired) electrons. The van der Waals surface area contributed by atoms with Crippen LogP contribution >= 0.6 is 0 Å². The van der Waals surface area contributed by atoms with E-state index in [2.05, 4.69) is 6.92 Å². The van der Waals surface area contributed by atoms with Gasteiger partial charge in [0.05, 0.1) is 6.61 Å². The molecule has 0 spiro atoms. The van der Waals surface area contributed by atoms with Crippen LogP contribution in [0.25, 0.3) is 0 Å². The van der Waals surface area contributed by atoms with Crippen molar-refractivity contribution in [1.29, 1.82) is 0 Å². The molecule has 0 aliphatic carbocycles. The topological polar surface area (TPSA) is 46.2 Å². The lowest BCUT2D eigenvalue weighted by Crippen LogP contribution is -2.08. The Morgan fingerprint density at radius 3 is 1.76 bits per heavy atom. The number of ether oxygens (including phenoxy) is 1. The third-order valence-electron chi connectivity index (χ3n) is 2.88. The second-order valence-electron chi connectivity index (χ2n) is 4.55. The molecule has 0 atom stereocenters. The van der Waals surface area contributed by atoms with E-state index >= 15 is 0 Å². The van der Waals surface area contributed by atoms with Gasteiger partial charge in [0, 0.05) is 0 Å². The van der Waals surface area contributed by atoms with Gasteiger partial charge >= 0.3 is 5.97 Å². The van der Waals surface area contributed by atoms with Gasteiger partial charge in [-0.25, -0.2) is 9.90 Å². The maximum Gasteiger partial charge on any atom is 0.335 e. The lowest BCUT2D eigenvalue weighted by molar-refractivity contribution is -0.149. The maximum atomic E-state index is 10.5. The number of esters is 1. The van der Waals surface area contributed by atoms with Crippen LogP contribution in [0.1, 0.15) is 71.1 Å². The van der Waals surface area contributed by atoms with Gasteiger partial charge in [0.25, 0.3) is 0 Å². The van der Waals surface area contributed by atoms with Crippen LogP contribution in [0.15, 0.2) is 0 Å². The molecule has 0 aromatic carbocycles. The van der Waals surface area contributed by atoms with E-state index in [0.29, 0.717) is 6.61 Å². The Bertz CT molecular complexity index is 169. The Balaban J connectivity index is 2.96. The van der Waals surface area contributed by atoms with Crippen molar-refractivity contribution in [3.8, 4) is 0 Å². The highest BCUT2D eigenvalue weighted by atomic mass is 16.5. The van der Waals surface area contributed by atoms with Gasteiger partial charge in [-0.15, -0.1) is 0 Å². The van der Waals surface area contributed by atoms with Crippen LogP contribution in [0.2, 0.25) is 0 Å². The molecule has 101 valence electrons. The average molecular weight is 243 g/mol. The molecule has 0 aliphatic rings. The van der Waals surface area contributed by atoms with Crippen LogP contribution in [0, 0.1) is 0 Å². The van der Waals surface area contributed by atoms with Gasteiger partial charge in [-0.05, 0) is 6.42 Å². The van der Waals surface area contributed by atoms with Crippen molar-refractivity contribution in [2.24, 2.45) is 0 Å². The number of carbonyl (C=O) groups is 1. The minimum absolute atomic E-state index is 0.414. The van der Waals surface area contributed by atoms with Gasteiger partial charge in [-0.3, -0.25) is 0 Å². The highest BCUT2D eigenvalue weighted by Crippen LogP contribution is 2.10. The summed E-state index contributed by atoms with van der Waals surface area (Å²) in [4.78, 5) is 10.5.